The van der Waals surface area contributed by atoms with E-state index in [0.717, 1.165) is 24.9 Å². The highest BCUT2D eigenvalue weighted by atomic mass is 35.5. The highest BCUT2D eigenvalue weighted by Crippen LogP contribution is 2.45. The Kier molecular flexibility index (Phi) is 4.30. The Bertz CT molecular complexity index is 512. The zero-order chi connectivity index (χ0) is 14.8. The monoisotopic (exact) mass is 290 g/mol. The first-order valence-electron chi connectivity index (χ1n) is 7.32. The van der Waals surface area contributed by atoms with Crippen molar-refractivity contribution in [2.45, 2.75) is 52.0 Å². The lowest BCUT2D eigenvalue weighted by molar-refractivity contribution is 0.127. The summed E-state index contributed by atoms with van der Waals surface area (Å²) in [4.78, 5) is 0. The minimum Gasteiger partial charge on any atom is -0.367 e. The molecule has 0 bridgehead atoms. The third kappa shape index (κ3) is 3.10. The smallest absolute Gasteiger partial charge is 0.128 e. The first kappa shape index (κ1) is 15.2. The molecule has 2 nitrogen and oxygen atoms in total. The summed E-state index contributed by atoms with van der Waals surface area (Å²) < 4.78 is 0. The van der Waals surface area contributed by atoms with Gasteiger partial charge in [0.25, 0.3) is 0 Å². The molecular weight excluding hydrogens is 268 g/mol. The average Bonchev–Trinajstić information content (AvgIpc) is 2.38. The van der Waals surface area contributed by atoms with Crippen LogP contribution < -0.4 is 5.32 Å². The van der Waals surface area contributed by atoms with Crippen LogP contribution in [0.3, 0.4) is 0 Å². The molecule has 1 saturated carbocycles. The number of nitrogens with zero attached hydrogens (tertiary/aromatic N) is 1. The SMILES string of the molecule is CC(C)(C)C1CCCCC1(C#N)Nc1cccc(Cl)c1. The molecule has 2 unspecified atom stereocenters. The summed E-state index contributed by atoms with van der Waals surface area (Å²) in [6.07, 6.45) is 4.32. The Morgan fingerprint density at radius 3 is 2.70 bits per heavy atom. The van der Waals surface area contributed by atoms with Crippen molar-refractivity contribution in [3.8, 4) is 6.07 Å². The molecule has 3 heteroatoms. The zero-order valence-electron chi connectivity index (χ0n) is 12.5. The van der Waals surface area contributed by atoms with E-state index in [4.69, 9.17) is 11.6 Å². The van der Waals surface area contributed by atoms with Crippen LogP contribution in [0.4, 0.5) is 5.69 Å². The van der Waals surface area contributed by atoms with E-state index in [0.29, 0.717) is 10.9 Å². The summed E-state index contributed by atoms with van der Waals surface area (Å²) in [6, 6.07) is 10.2. The Labute approximate surface area is 127 Å². The largest absolute Gasteiger partial charge is 0.367 e. The van der Waals surface area contributed by atoms with Gasteiger partial charge in [-0.3, -0.25) is 0 Å². The average molecular weight is 291 g/mol. The van der Waals surface area contributed by atoms with Gasteiger partial charge < -0.3 is 5.32 Å². The van der Waals surface area contributed by atoms with Crippen molar-refractivity contribution in [2.24, 2.45) is 11.3 Å². The van der Waals surface area contributed by atoms with Crippen LogP contribution in [0.2, 0.25) is 5.02 Å². The van der Waals surface area contributed by atoms with Gasteiger partial charge in [0.2, 0.25) is 0 Å². The number of anilines is 1. The summed E-state index contributed by atoms with van der Waals surface area (Å²) in [6.45, 7) is 6.69. The molecule has 0 spiro atoms. The van der Waals surface area contributed by atoms with Gasteiger partial charge in [-0.15, -0.1) is 0 Å². The fraction of sp³-hybridized carbons (Fsp3) is 0.588. The second-order valence-electron chi connectivity index (χ2n) is 6.88. The van der Waals surface area contributed by atoms with E-state index in [1.54, 1.807) is 0 Å². The van der Waals surface area contributed by atoms with Crippen molar-refractivity contribution in [3.05, 3.63) is 29.3 Å². The van der Waals surface area contributed by atoms with Crippen LogP contribution in [0.15, 0.2) is 24.3 Å². The van der Waals surface area contributed by atoms with Crippen LogP contribution in [0.1, 0.15) is 46.5 Å². The minimum absolute atomic E-state index is 0.113. The van der Waals surface area contributed by atoms with Crippen LogP contribution in [0.25, 0.3) is 0 Å². The van der Waals surface area contributed by atoms with Crippen LogP contribution in [0.5, 0.6) is 0 Å². The van der Waals surface area contributed by atoms with Gasteiger partial charge in [0.05, 0.1) is 6.07 Å². The molecule has 0 aromatic heterocycles. The second kappa shape index (κ2) is 5.66. The summed E-state index contributed by atoms with van der Waals surface area (Å²) in [5.74, 6) is 0.340. The number of nitrogens with one attached hydrogen (secondary N) is 1. The maximum absolute atomic E-state index is 9.86. The molecular formula is C17H23ClN2. The summed E-state index contributed by atoms with van der Waals surface area (Å²) in [5.41, 5.74) is 0.568. The first-order valence-corrected chi connectivity index (χ1v) is 7.70. The molecule has 0 saturated heterocycles. The molecule has 2 rings (SSSR count). The molecule has 1 aliphatic carbocycles. The van der Waals surface area contributed by atoms with E-state index in [1.807, 2.05) is 24.3 Å². The van der Waals surface area contributed by atoms with Crippen molar-refractivity contribution >= 4 is 17.3 Å². The highest BCUT2D eigenvalue weighted by molar-refractivity contribution is 6.30. The quantitative estimate of drug-likeness (QED) is 0.807. The first-order chi connectivity index (χ1) is 9.37. The Balaban J connectivity index is 2.34. The highest BCUT2D eigenvalue weighted by Gasteiger charge is 2.46. The predicted molar refractivity (Wildman–Crippen MR) is 84.8 cm³/mol. The molecule has 2 atom stereocenters. The fourth-order valence-corrected chi connectivity index (χ4v) is 3.67. The second-order valence-corrected chi connectivity index (χ2v) is 7.32. The van der Waals surface area contributed by atoms with Gasteiger partial charge in [0.1, 0.15) is 5.54 Å². The Morgan fingerprint density at radius 1 is 1.35 bits per heavy atom. The number of halogens is 1. The molecule has 1 N–H and O–H groups in total. The molecule has 20 heavy (non-hydrogen) atoms. The predicted octanol–water partition coefficient (Wildman–Crippen LogP) is 5.25. The third-order valence-electron chi connectivity index (χ3n) is 4.35. The van der Waals surface area contributed by atoms with Crippen molar-refractivity contribution in [1.29, 1.82) is 5.26 Å². The summed E-state index contributed by atoms with van der Waals surface area (Å²) in [5, 5.41) is 14.1. The Hall–Kier alpha value is -1.20. The van der Waals surface area contributed by atoms with Gasteiger partial charge >= 0.3 is 0 Å². The van der Waals surface area contributed by atoms with E-state index >= 15 is 0 Å². The van der Waals surface area contributed by atoms with E-state index in [-0.39, 0.29) is 5.41 Å². The number of benzene rings is 1. The molecule has 0 aliphatic heterocycles. The molecule has 0 amide bonds. The fourth-order valence-electron chi connectivity index (χ4n) is 3.48. The van der Waals surface area contributed by atoms with Gasteiger partial charge in [-0.1, -0.05) is 51.3 Å². The summed E-state index contributed by atoms with van der Waals surface area (Å²) >= 11 is 6.05. The van der Waals surface area contributed by atoms with Crippen LogP contribution >= 0.6 is 11.6 Å². The lowest BCUT2D eigenvalue weighted by Gasteiger charge is -2.46. The molecule has 0 radical (unpaired) electrons. The van der Waals surface area contributed by atoms with Crippen molar-refractivity contribution in [2.75, 3.05) is 5.32 Å². The van der Waals surface area contributed by atoms with E-state index in [1.165, 1.54) is 6.42 Å². The van der Waals surface area contributed by atoms with E-state index in [9.17, 15) is 5.26 Å². The van der Waals surface area contributed by atoms with Gasteiger partial charge in [-0.25, -0.2) is 0 Å². The van der Waals surface area contributed by atoms with E-state index in [2.05, 4.69) is 32.2 Å². The van der Waals surface area contributed by atoms with Crippen LogP contribution in [-0.4, -0.2) is 5.54 Å². The van der Waals surface area contributed by atoms with Crippen LogP contribution in [-0.2, 0) is 0 Å². The van der Waals surface area contributed by atoms with Crippen molar-refractivity contribution in [3.63, 3.8) is 0 Å². The number of nitriles is 1. The van der Waals surface area contributed by atoms with E-state index < -0.39 is 5.54 Å². The molecule has 0 heterocycles. The topological polar surface area (TPSA) is 35.8 Å². The van der Waals surface area contributed by atoms with Gasteiger partial charge in [-0.05, 0) is 36.5 Å². The summed E-state index contributed by atoms with van der Waals surface area (Å²) in [7, 11) is 0. The number of rotatable bonds is 2. The maximum Gasteiger partial charge on any atom is 0.128 e. The third-order valence-corrected chi connectivity index (χ3v) is 4.58. The molecule has 1 aliphatic rings. The minimum atomic E-state index is -0.485. The lowest BCUT2D eigenvalue weighted by atomic mass is 9.62. The lowest BCUT2D eigenvalue weighted by Crippen LogP contribution is -2.51. The Morgan fingerprint density at radius 2 is 2.10 bits per heavy atom. The van der Waals surface area contributed by atoms with Crippen LogP contribution in [0, 0.1) is 22.7 Å². The van der Waals surface area contributed by atoms with Crippen molar-refractivity contribution in [1.82, 2.24) is 0 Å². The van der Waals surface area contributed by atoms with Gasteiger partial charge in [0, 0.05) is 16.6 Å². The molecule has 1 aromatic carbocycles. The molecule has 108 valence electrons. The molecule has 1 fully saturated rings. The maximum atomic E-state index is 9.86. The van der Waals surface area contributed by atoms with Gasteiger partial charge in [0.15, 0.2) is 0 Å². The number of hydrogen-bond donors (Lipinski definition) is 1. The normalized spacial score (nSPS) is 26.9. The zero-order valence-corrected chi connectivity index (χ0v) is 13.3. The number of hydrogen-bond acceptors (Lipinski definition) is 2. The standard InChI is InChI=1S/C17H23ClN2/c1-16(2,3)15-9-4-5-10-17(15,12-19)20-14-8-6-7-13(18)11-14/h6-8,11,15,20H,4-5,9-10H2,1-3H3. The molecule has 1 aromatic rings. The van der Waals surface area contributed by atoms with Gasteiger partial charge in [-0.2, -0.15) is 5.26 Å². The van der Waals surface area contributed by atoms with Crippen molar-refractivity contribution < 1.29 is 0 Å².